The molecule has 0 saturated heterocycles. The highest BCUT2D eigenvalue weighted by Gasteiger charge is 2.18. The number of sulfonamides is 1. The van der Waals surface area contributed by atoms with Gasteiger partial charge in [-0.2, -0.15) is 0 Å². The molecule has 106 valence electrons. The van der Waals surface area contributed by atoms with Gasteiger partial charge in [0, 0.05) is 5.69 Å². The lowest BCUT2D eigenvalue weighted by Gasteiger charge is -2.12. The maximum absolute atomic E-state index is 12.4. The Morgan fingerprint density at radius 1 is 1.10 bits per heavy atom. The zero-order valence-corrected chi connectivity index (χ0v) is 12.7. The Labute approximate surface area is 123 Å². The molecule has 0 fully saturated rings. The van der Waals surface area contributed by atoms with Crippen LogP contribution in [0.15, 0.2) is 41.3 Å². The first-order valence-corrected chi connectivity index (χ1v) is 7.81. The number of aryl methyl sites for hydroxylation is 2. The van der Waals surface area contributed by atoms with Crippen molar-refractivity contribution in [3.8, 4) is 0 Å². The van der Waals surface area contributed by atoms with E-state index in [2.05, 4.69) is 4.72 Å². The Balaban J connectivity index is 2.43. The van der Waals surface area contributed by atoms with Crippen LogP contribution >= 0.6 is 11.6 Å². The van der Waals surface area contributed by atoms with Crippen molar-refractivity contribution in [2.45, 2.75) is 18.7 Å². The topological polar surface area (TPSA) is 72.2 Å². The van der Waals surface area contributed by atoms with Gasteiger partial charge in [0.15, 0.2) is 0 Å². The van der Waals surface area contributed by atoms with Crippen molar-refractivity contribution in [3.63, 3.8) is 0 Å². The van der Waals surface area contributed by atoms with E-state index >= 15 is 0 Å². The van der Waals surface area contributed by atoms with Gasteiger partial charge in [-0.15, -0.1) is 0 Å². The van der Waals surface area contributed by atoms with Gasteiger partial charge in [-0.1, -0.05) is 29.3 Å². The van der Waals surface area contributed by atoms with Gasteiger partial charge >= 0.3 is 0 Å². The molecule has 0 heterocycles. The first kappa shape index (κ1) is 14.7. The van der Waals surface area contributed by atoms with E-state index in [4.69, 9.17) is 17.3 Å². The van der Waals surface area contributed by atoms with Crippen LogP contribution in [0.2, 0.25) is 5.02 Å². The maximum atomic E-state index is 12.4. The van der Waals surface area contributed by atoms with E-state index in [1.165, 1.54) is 6.07 Å². The minimum Gasteiger partial charge on any atom is -0.399 e. The van der Waals surface area contributed by atoms with Gasteiger partial charge in [0.1, 0.15) is 0 Å². The minimum absolute atomic E-state index is 0.224. The number of hydrogen-bond donors (Lipinski definition) is 2. The average molecular weight is 311 g/mol. The predicted molar refractivity (Wildman–Crippen MR) is 82.6 cm³/mol. The molecule has 0 unspecified atom stereocenters. The Morgan fingerprint density at radius 3 is 2.45 bits per heavy atom. The first-order chi connectivity index (χ1) is 9.29. The molecule has 6 heteroatoms. The molecule has 0 aliphatic carbocycles. The van der Waals surface area contributed by atoms with Crippen molar-refractivity contribution >= 4 is 33.0 Å². The number of nitrogens with two attached hydrogens (primary N) is 1. The van der Waals surface area contributed by atoms with Crippen molar-refractivity contribution in [2.75, 3.05) is 10.5 Å². The Morgan fingerprint density at radius 2 is 1.80 bits per heavy atom. The second kappa shape index (κ2) is 5.34. The number of nitrogen functional groups attached to an aromatic ring is 1. The van der Waals surface area contributed by atoms with Crippen molar-refractivity contribution < 1.29 is 8.42 Å². The van der Waals surface area contributed by atoms with Crippen LogP contribution in [0.4, 0.5) is 11.4 Å². The molecule has 0 radical (unpaired) electrons. The molecule has 2 aromatic rings. The van der Waals surface area contributed by atoms with Gasteiger partial charge in [-0.05, 0) is 43.7 Å². The molecule has 0 atom stereocenters. The summed E-state index contributed by atoms with van der Waals surface area (Å²) in [4.78, 5) is 0.224. The summed E-state index contributed by atoms with van der Waals surface area (Å²) in [6.07, 6.45) is 0. The summed E-state index contributed by atoms with van der Waals surface area (Å²) in [5.74, 6) is 0. The van der Waals surface area contributed by atoms with Gasteiger partial charge in [-0.3, -0.25) is 4.72 Å². The molecule has 3 N–H and O–H groups in total. The Hall–Kier alpha value is -1.72. The highest BCUT2D eigenvalue weighted by atomic mass is 35.5. The van der Waals surface area contributed by atoms with E-state index in [0.29, 0.717) is 16.3 Å². The molecule has 0 saturated carbocycles. The van der Waals surface area contributed by atoms with E-state index in [1.54, 1.807) is 31.2 Å². The fraction of sp³-hybridized carbons (Fsp3) is 0.143. The molecule has 0 spiro atoms. The van der Waals surface area contributed by atoms with Crippen molar-refractivity contribution in [3.05, 3.63) is 52.5 Å². The van der Waals surface area contributed by atoms with Crippen LogP contribution in [0.3, 0.4) is 0 Å². The van der Waals surface area contributed by atoms with Crippen LogP contribution in [-0.2, 0) is 10.0 Å². The highest BCUT2D eigenvalue weighted by molar-refractivity contribution is 7.92. The van der Waals surface area contributed by atoms with E-state index in [1.807, 2.05) is 13.0 Å². The van der Waals surface area contributed by atoms with E-state index in [9.17, 15) is 8.42 Å². The molecular weight excluding hydrogens is 296 g/mol. The third-order valence-electron chi connectivity index (χ3n) is 2.85. The zero-order valence-electron chi connectivity index (χ0n) is 11.1. The summed E-state index contributed by atoms with van der Waals surface area (Å²) in [5.41, 5.74) is 8.03. The lowest BCUT2D eigenvalue weighted by Crippen LogP contribution is -2.14. The van der Waals surface area contributed by atoms with Crippen LogP contribution in [0.1, 0.15) is 11.1 Å². The molecule has 2 aromatic carbocycles. The molecule has 0 aliphatic heterocycles. The molecule has 0 aliphatic rings. The van der Waals surface area contributed by atoms with Crippen LogP contribution < -0.4 is 10.5 Å². The van der Waals surface area contributed by atoms with Gasteiger partial charge in [0.25, 0.3) is 10.0 Å². The minimum atomic E-state index is -3.69. The van der Waals surface area contributed by atoms with E-state index in [-0.39, 0.29) is 10.6 Å². The van der Waals surface area contributed by atoms with Crippen LogP contribution in [0.25, 0.3) is 0 Å². The fourth-order valence-corrected chi connectivity index (χ4v) is 3.44. The first-order valence-electron chi connectivity index (χ1n) is 5.95. The Bertz CT molecular complexity index is 758. The summed E-state index contributed by atoms with van der Waals surface area (Å²) in [5, 5.41) is 0.299. The normalized spacial score (nSPS) is 11.3. The summed E-state index contributed by atoms with van der Waals surface area (Å²) >= 11 is 5.97. The van der Waals surface area contributed by atoms with Gasteiger partial charge < -0.3 is 5.73 Å². The number of nitrogens with one attached hydrogen (secondary N) is 1. The van der Waals surface area contributed by atoms with Crippen molar-refractivity contribution in [1.29, 1.82) is 0 Å². The number of rotatable bonds is 3. The van der Waals surface area contributed by atoms with Crippen molar-refractivity contribution in [1.82, 2.24) is 0 Å². The van der Waals surface area contributed by atoms with Crippen LogP contribution in [-0.4, -0.2) is 8.42 Å². The molecule has 2 rings (SSSR count). The molecule has 0 amide bonds. The smallest absolute Gasteiger partial charge is 0.262 e. The van der Waals surface area contributed by atoms with Crippen molar-refractivity contribution in [2.24, 2.45) is 0 Å². The SMILES string of the molecule is Cc1ccc(S(=O)(=O)Nc2cc(N)ccc2Cl)c(C)c1. The fourth-order valence-electron chi connectivity index (χ4n) is 1.92. The third-order valence-corrected chi connectivity index (χ3v) is 4.71. The number of halogens is 1. The van der Waals surface area contributed by atoms with Gasteiger partial charge in [0.2, 0.25) is 0 Å². The largest absolute Gasteiger partial charge is 0.399 e. The summed E-state index contributed by atoms with van der Waals surface area (Å²) < 4.78 is 27.2. The Kier molecular flexibility index (Phi) is 3.92. The summed E-state index contributed by atoms with van der Waals surface area (Å²) in [6.45, 7) is 3.66. The zero-order chi connectivity index (χ0) is 14.9. The van der Waals surface area contributed by atoms with Gasteiger partial charge in [0.05, 0.1) is 15.6 Å². The highest BCUT2D eigenvalue weighted by Crippen LogP contribution is 2.27. The van der Waals surface area contributed by atoms with E-state index in [0.717, 1.165) is 5.56 Å². The molecule has 4 nitrogen and oxygen atoms in total. The van der Waals surface area contributed by atoms with E-state index < -0.39 is 10.0 Å². The monoisotopic (exact) mass is 310 g/mol. The second-order valence-electron chi connectivity index (χ2n) is 4.61. The van der Waals surface area contributed by atoms with Crippen LogP contribution in [0.5, 0.6) is 0 Å². The predicted octanol–water partition coefficient (Wildman–Crippen LogP) is 3.34. The lowest BCUT2D eigenvalue weighted by molar-refractivity contribution is 0.600. The summed E-state index contributed by atoms with van der Waals surface area (Å²) in [7, 11) is -3.69. The lowest BCUT2D eigenvalue weighted by atomic mass is 10.2. The molecule has 20 heavy (non-hydrogen) atoms. The summed E-state index contributed by atoms with van der Waals surface area (Å²) in [6, 6.07) is 9.79. The standard InChI is InChI=1S/C14H15ClN2O2S/c1-9-3-6-14(10(2)7-9)20(18,19)17-13-8-11(16)4-5-12(13)15/h3-8,17H,16H2,1-2H3. The maximum Gasteiger partial charge on any atom is 0.262 e. The molecule has 0 bridgehead atoms. The quantitative estimate of drug-likeness (QED) is 0.854. The van der Waals surface area contributed by atoms with Crippen LogP contribution in [0, 0.1) is 13.8 Å². The number of anilines is 2. The van der Waals surface area contributed by atoms with Gasteiger partial charge in [-0.25, -0.2) is 8.42 Å². The second-order valence-corrected chi connectivity index (χ2v) is 6.67. The number of benzene rings is 2. The average Bonchev–Trinajstić information content (AvgIpc) is 2.33. The third kappa shape index (κ3) is 3.05. The molecular formula is C14H15ClN2O2S. The molecule has 0 aromatic heterocycles. The number of hydrogen-bond acceptors (Lipinski definition) is 3.